The van der Waals surface area contributed by atoms with Crippen molar-refractivity contribution in [3.8, 4) is 11.5 Å². The average Bonchev–Trinajstić information content (AvgIpc) is 3.10. The largest absolute Gasteiger partial charge is 0.454 e. The number of nitrogens with zero attached hydrogens (tertiary/aromatic N) is 1. The van der Waals surface area contributed by atoms with E-state index in [1.165, 1.54) is 5.69 Å². The zero-order valence-electron chi connectivity index (χ0n) is 13.4. The lowest BCUT2D eigenvalue weighted by atomic mass is 9.95. The highest BCUT2D eigenvalue weighted by Gasteiger charge is 2.25. The molecule has 2 aromatic carbocycles. The third-order valence-corrected chi connectivity index (χ3v) is 4.63. The lowest BCUT2D eigenvalue weighted by Crippen LogP contribution is -2.38. The minimum absolute atomic E-state index is 0.0513. The number of hydrogen-bond acceptors (Lipinski definition) is 4. The standard InChI is InChI=1S/C19H20N2O3/c22-19(20-15-6-7-17-18(12-15)24-13-23-17)14-8-10-21(11-9-14)16-4-2-1-3-5-16/h1-7,12,14H,8-11,13H2,(H,20,22). The third kappa shape index (κ3) is 3.02. The predicted molar refractivity (Wildman–Crippen MR) is 92.6 cm³/mol. The first-order valence-electron chi connectivity index (χ1n) is 8.30. The first-order valence-corrected chi connectivity index (χ1v) is 8.30. The monoisotopic (exact) mass is 324 g/mol. The van der Waals surface area contributed by atoms with E-state index in [-0.39, 0.29) is 18.6 Å². The van der Waals surface area contributed by atoms with Crippen LogP contribution in [0.25, 0.3) is 0 Å². The van der Waals surface area contributed by atoms with Crippen LogP contribution in [0.15, 0.2) is 48.5 Å². The summed E-state index contributed by atoms with van der Waals surface area (Å²) in [4.78, 5) is 14.8. The maximum atomic E-state index is 12.5. The number of amides is 1. The van der Waals surface area contributed by atoms with Crippen molar-refractivity contribution in [2.24, 2.45) is 5.92 Å². The average molecular weight is 324 g/mol. The SMILES string of the molecule is O=C(Nc1ccc2c(c1)OCO2)C1CCN(c2ccccc2)CC1. The maximum Gasteiger partial charge on any atom is 0.231 e. The molecule has 0 saturated carbocycles. The summed E-state index contributed by atoms with van der Waals surface area (Å²) in [5.41, 5.74) is 1.99. The molecule has 0 aliphatic carbocycles. The summed E-state index contributed by atoms with van der Waals surface area (Å²) < 4.78 is 10.6. The van der Waals surface area contributed by atoms with Gasteiger partial charge in [-0.05, 0) is 37.1 Å². The molecule has 1 N–H and O–H groups in total. The number of fused-ring (bicyclic) bond motifs is 1. The Morgan fingerprint density at radius 1 is 1.00 bits per heavy atom. The number of piperidine rings is 1. The lowest BCUT2D eigenvalue weighted by molar-refractivity contribution is -0.120. The molecule has 24 heavy (non-hydrogen) atoms. The van der Waals surface area contributed by atoms with Gasteiger partial charge in [-0.25, -0.2) is 0 Å². The van der Waals surface area contributed by atoms with E-state index in [0.717, 1.165) is 37.4 Å². The molecule has 0 unspecified atom stereocenters. The Hall–Kier alpha value is -2.69. The van der Waals surface area contributed by atoms with Gasteiger partial charge in [-0.2, -0.15) is 0 Å². The molecule has 0 spiro atoms. The van der Waals surface area contributed by atoms with Crippen molar-refractivity contribution in [3.05, 3.63) is 48.5 Å². The summed E-state index contributed by atoms with van der Waals surface area (Å²) in [6.45, 7) is 2.05. The van der Waals surface area contributed by atoms with Crippen molar-refractivity contribution in [3.63, 3.8) is 0 Å². The highest BCUT2D eigenvalue weighted by molar-refractivity contribution is 5.93. The maximum absolute atomic E-state index is 12.5. The minimum Gasteiger partial charge on any atom is -0.454 e. The van der Waals surface area contributed by atoms with Crippen LogP contribution in [0.5, 0.6) is 11.5 Å². The highest BCUT2D eigenvalue weighted by atomic mass is 16.7. The third-order valence-electron chi connectivity index (χ3n) is 4.63. The molecule has 4 rings (SSSR count). The van der Waals surface area contributed by atoms with Crippen LogP contribution in [0.2, 0.25) is 0 Å². The van der Waals surface area contributed by atoms with Crippen LogP contribution in [0.1, 0.15) is 12.8 Å². The number of rotatable bonds is 3. The van der Waals surface area contributed by atoms with Crippen LogP contribution < -0.4 is 19.7 Å². The minimum atomic E-state index is 0.0513. The Morgan fingerprint density at radius 2 is 1.75 bits per heavy atom. The Kier molecular flexibility index (Phi) is 3.99. The van der Waals surface area contributed by atoms with Crippen LogP contribution in [-0.4, -0.2) is 25.8 Å². The predicted octanol–water partition coefficient (Wildman–Crippen LogP) is 3.27. The van der Waals surface area contributed by atoms with Crippen molar-refractivity contribution < 1.29 is 14.3 Å². The number of carbonyl (C=O) groups is 1. The van der Waals surface area contributed by atoms with Gasteiger partial charge in [0.25, 0.3) is 0 Å². The van der Waals surface area contributed by atoms with Crippen LogP contribution in [0, 0.1) is 5.92 Å². The summed E-state index contributed by atoms with van der Waals surface area (Å²) in [5.74, 6) is 1.55. The number of carbonyl (C=O) groups excluding carboxylic acids is 1. The molecule has 2 aliphatic rings. The fourth-order valence-electron chi connectivity index (χ4n) is 3.26. The van der Waals surface area contributed by atoms with E-state index in [1.54, 1.807) is 0 Å². The number of nitrogens with one attached hydrogen (secondary N) is 1. The number of anilines is 2. The lowest BCUT2D eigenvalue weighted by Gasteiger charge is -2.33. The van der Waals surface area contributed by atoms with Gasteiger partial charge in [0.05, 0.1) is 0 Å². The molecular weight excluding hydrogens is 304 g/mol. The van der Waals surface area contributed by atoms with Gasteiger partial charge < -0.3 is 19.7 Å². The number of benzene rings is 2. The van der Waals surface area contributed by atoms with Crippen LogP contribution in [0.4, 0.5) is 11.4 Å². The van der Waals surface area contributed by atoms with Crippen LogP contribution >= 0.6 is 0 Å². The van der Waals surface area contributed by atoms with Gasteiger partial charge in [0.1, 0.15) is 0 Å². The molecule has 2 heterocycles. The van der Waals surface area contributed by atoms with Gasteiger partial charge in [0, 0.05) is 36.4 Å². The summed E-state index contributed by atoms with van der Waals surface area (Å²) >= 11 is 0. The molecule has 1 saturated heterocycles. The molecule has 0 radical (unpaired) electrons. The summed E-state index contributed by atoms with van der Waals surface area (Å²) in [7, 11) is 0. The van der Waals surface area contributed by atoms with E-state index in [4.69, 9.17) is 9.47 Å². The van der Waals surface area contributed by atoms with E-state index in [9.17, 15) is 4.79 Å². The van der Waals surface area contributed by atoms with Gasteiger partial charge >= 0.3 is 0 Å². The van der Waals surface area contributed by atoms with Crippen LogP contribution in [-0.2, 0) is 4.79 Å². The number of ether oxygens (including phenoxy) is 2. The molecule has 5 heteroatoms. The summed E-state index contributed by atoms with van der Waals surface area (Å²) in [6, 6.07) is 15.9. The van der Waals surface area contributed by atoms with Gasteiger partial charge in [0.2, 0.25) is 12.7 Å². The van der Waals surface area contributed by atoms with E-state index in [0.29, 0.717) is 5.75 Å². The van der Waals surface area contributed by atoms with Gasteiger partial charge in [-0.3, -0.25) is 4.79 Å². The second-order valence-electron chi connectivity index (χ2n) is 6.15. The Morgan fingerprint density at radius 3 is 2.54 bits per heavy atom. The summed E-state index contributed by atoms with van der Waals surface area (Å²) in [6.07, 6.45) is 1.73. The van der Waals surface area contributed by atoms with Crippen LogP contribution in [0.3, 0.4) is 0 Å². The first-order chi connectivity index (χ1) is 11.8. The normalized spacial score (nSPS) is 16.9. The zero-order valence-corrected chi connectivity index (χ0v) is 13.4. The van der Waals surface area contributed by atoms with E-state index in [1.807, 2.05) is 36.4 Å². The molecule has 0 atom stereocenters. The van der Waals surface area contributed by atoms with Gasteiger partial charge in [0.15, 0.2) is 11.5 Å². The Balaban J connectivity index is 1.35. The van der Waals surface area contributed by atoms with Crippen molar-refractivity contribution in [1.82, 2.24) is 0 Å². The Bertz CT molecular complexity index is 725. The van der Waals surface area contributed by atoms with E-state index >= 15 is 0 Å². The van der Waals surface area contributed by atoms with Crippen molar-refractivity contribution in [2.45, 2.75) is 12.8 Å². The molecule has 1 amide bonds. The molecule has 2 aliphatic heterocycles. The molecule has 2 aromatic rings. The van der Waals surface area contributed by atoms with Gasteiger partial charge in [-0.15, -0.1) is 0 Å². The first kappa shape index (κ1) is 14.9. The van der Waals surface area contributed by atoms with E-state index < -0.39 is 0 Å². The fourth-order valence-corrected chi connectivity index (χ4v) is 3.26. The van der Waals surface area contributed by atoms with Gasteiger partial charge in [-0.1, -0.05) is 18.2 Å². The smallest absolute Gasteiger partial charge is 0.231 e. The molecule has 0 bridgehead atoms. The number of para-hydroxylation sites is 1. The molecular formula is C19H20N2O3. The molecule has 124 valence electrons. The second-order valence-corrected chi connectivity index (χ2v) is 6.15. The Labute approximate surface area is 141 Å². The number of hydrogen-bond donors (Lipinski definition) is 1. The zero-order chi connectivity index (χ0) is 16.4. The molecule has 1 fully saturated rings. The summed E-state index contributed by atoms with van der Waals surface area (Å²) in [5, 5.41) is 3.00. The van der Waals surface area contributed by atoms with Crippen molar-refractivity contribution >= 4 is 17.3 Å². The fraction of sp³-hybridized carbons (Fsp3) is 0.316. The topological polar surface area (TPSA) is 50.8 Å². The molecule has 5 nitrogen and oxygen atoms in total. The highest BCUT2D eigenvalue weighted by Crippen LogP contribution is 2.34. The van der Waals surface area contributed by atoms with E-state index in [2.05, 4.69) is 22.3 Å². The quantitative estimate of drug-likeness (QED) is 0.941. The molecule has 0 aromatic heterocycles. The van der Waals surface area contributed by atoms with Crippen molar-refractivity contribution in [2.75, 3.05) is 30.1 Å². The van der Waals surface area contributed by atoms with Crippen molar-refractivity contribution in [1.29, 1.82) is 0 Å². The second kappa shape index (κ2) is 6.43.